The highest BCUT2D eigenvalue weighted by molar-refractivity contribution is 14.0. The van der Waals surface area contributed by atoms with Crippen LogP contribution in [-0.4, -0.2) is 63.0 Å². The predicted molar refractivity (Wildman–Crippen MR) is 118 cm³/mol. The van der Waals surface area contributed by atoms with E-state index in [1.54, 1.807) is 7.05 Å². The van der Waals surface area contributed by atoms with E-state index in [4.69, 9.17) is 14.2 Å². The zero-order valence-corrected chi connectivity index (χ0v) is 18.7. The summed E-state index contributed by atoms with van der Waals surface area (Å²) in [6.45, 7) is 8.30. The average molecular weight is 490 g/mol. The van der Waals surface area contributed by atoms with Crippen molar-refractivity contribution in [1.82, 2.24) is 15.5 Å². The monoisotopic (exact) mass is 490 g/mol. The summed E-state index contributed by atoms with van der Waals surface area (Å²) in [5, 5.41) is 6.84. The van der Waals surface area contributed by atoms with Crippen molar-refractivity contribution in [2.45, 2.75) is 38.8 Å². The third kappa shape index (κ3) is 6.31. The number of guanidine groups is 1. The number of piperidine rings is 1. The van der Waals surface area contributed by atoms with Gasteiger partial charge >= 0.3 is 0 Å². The van der Waals surface area contributed by atoms with Gasteiger partial charge in [0.2, 0.25) is 6.79 Å². The molecule has 2 aliphatic rings. The molecule has 152 valence electrons. The van der Waals surface area contributed by atoms with Gasteiger partial charge in [0.15, 0.2) is 17.5 Å². The topological polar surface area (TPSA) is 67.4 Å². The molecule has 8 heteroatoms. The second-order valence-corrected chi connectivity index (χ2v) is 6.91. The number of rotatable bonds is 6. The van der Waals surface area contributed by atoms with Crippen LogP contribution in [-0.2, 0) is 0 Å². The summed E-state index contributed by atoms with van der Waals surface area (Å²) in [6, 6.07) is 6.73. The lowest BCUT2D eigenvalue weighted by atomic mass is 10.0. The lowest BCUT2D eigenvalue weighted by molar-refractivity contribution is 0.167. The van der Waals surface area contributed by atoms with Crippen molar-refractivity contribution in [2.75, 3.05) is 40.1 Å². The number of likely N-dealkylation sites (tertiary alicyclic amines) is 1. The molecule has 0 radical (unpaired) electrons. The minimum atomic E-state index is 0. The summed E-state index contributed by atoms with van der Waals surface area (Å²) in [5.41, 5.74) is 0. The molecule has 1 saturated heterocycles. The second-order valence-electron chi connectivity index (χ2n) is 6.91. The molecule has 0 amide bonds. The summed E-state index contributed by atoms with van der Waals surface area (Å²) in [5.74, 6) is 3.12. The summed E-state index contributed by atoms with van der Waals surface area (Å²) < 4.78 is 16.4. The van der Waals surface area contributed by atoms with Gasteiger partial charge in [0, 0.05) is 38.3 Å². The molecular weight excluding hydrogens is 459 g/mol. The van der Waals surface area contributed by atoms with Crippen LogP contribution in [0.3, 0.4) is 0 Å². The Morgan fingerprint density at radius 2 is 2.00 bits per heavy atom. The fourth-order valence-electron chi connectivity index (χ4n) is 3.25. The van der Waals surface area contributed by atoms with Gasteiger partial charge in [0.05, 0.1) is 6.54 Å². The molecular formula is C19H31IN4O3. The Balaban J connectivity index is 0.00000261. The SMILES string of the molecule is CN=C(NCCOc1ccc2c(c1)OCO2)NC1CCN(C(C)C)CC1.I. The van der Waals surface area contributed by atoms with Crippen LogP contribution in [0.2, 0.25) is 0 Å². The van der Waals surface area contributed by atoms with Crippen molar-refractivity contribution in [3.63, 3.8) is 0 Å². The molecule has 1 aromatic carbocycles. The number of aliphatic imine (C=N–C) groups is 1. The third-order valence-electron chi connectivity index (χ3n) is 4.83. The first-order valence-corrected chi connectivity index (χ1v) is 9.39. The first kappa shape index (κ1) is 21.9. The van der Waals surface area contributed by atoms with Gasteiger partial charge in [0.1, 0.15) is 12.4 Å². The lowest BCUT2D eigenvalue weighted by Crippen LogP contribution is -2.50. The highest BCUT2D eigenvalue weighted by atomic mass is 127. The maximum absolute atomic E-state index is 5.77. The molecule has 1 aromatic rings. The van der Waals surface area contributed by atoms with E-state index >= 15 is 0 Å². The number of ether oxygens (including phenoxy) is 3. The third-order valence-corrected chi connectivity index (χ3v) is 4.83. The standard InChI is InChI=1S/C19H30N4O3.HI/c1-14(2)23-9-6-15(7-10-23)22-19(20-3)21-8-11-24-16-4-5-17-18(12-16)26-13-25-17;/h4-5,12,14-15H,6-11,13H2,1-3H3,(H2,20,21,22);1H. The van der Waals surface area contributed by atoms with Crippen LogP contribution in [0.15, 0.2) is 23.2 Å². The summed E-state index contributed by atoms with van der Waals surface area (Å²) >= 11 is 0. The Kier molecular flexibility index (Phi) is 8.75. The number of benzene rings is 1. The van der Waals surface area contributed by atoms with Gasteiger partial charge < -0.3 is 29.7 Å². The van der Waals surface area contributed by atoms with Crippen molar-refractivity contribution in [1.29, 1.82) is 0 Å². The molecule has 0 aliphatic carbocycles. The fourth-order valence-corrected chi connectivity index (χ4v) is 3.25. The maximum Gasteiger partial charge on any atom is 0.231 e. The zero-order chi connectivity index (χ0) is 18.4. The molecule has 0 bridgehead atoms. The molecule has 7 nitrogen and oxygen atoms in total. The van der Waals surface area contributed by atoms with Crippen LogP contribution >= 0.6 is 24.0 Å². The summed E-state index contributed by atoms with van der Waals surface area (Å²) in [6.07, 6.45) is 2.29. The van der Waals surface area contributed by atoms with Gasteiger partial charge in [-0.2, -0.15) is 0 Å². The van der Waals surface area contributed by atoms with Gasteiger partial charge in [-0.05, 0) is 38.8 Å². The maximum atomic E-state index is 5.77. The van der Waals surface area contributed by atoms with Crippen LogP contribution in [0.1, 0.15) is 26.7 Å². The molecule has 2 aliphatic heterocycles. The van der Waals surface area contributed by atoms with Crippen molar-refractivity contribution in [3.8, 4) is 17.2 Å². The van der Waals surface area contributed by atoms with E-state index in [1.807, 2.05) is 18.2 Å². The van der Waals surface area contributed by atoms with Crippen LogP contribution in [0.25, 0.3) is 0 Å². The molecule has 0 atom stereocenters. The molecule has 0 aromatic heterocycles. The number of hydrogen-bond donors (Lipinski definition) is 2. The quantitative estimate of drug-likeness (QED) is 0.277. The number of nitrogens with zero attached hydrogens (tertiary/aromatic N) is 2. The Hall–Kier alpha value is -1.42. The Morgan fingerprint density at radius 1 is 1.26 bits per heavy atom. The largest absolute Gasteiger partial charge is 0.492 e. The number of hydrogen-bond acceptors (Lipinski definition) is 5. The summed E-state index contributed by atoms with van der Waals surface area (Å²) in [7, 11) is 1.80. The van der Waals surface area contributed by atoms with Gasteiger partial charge in [-0.25, -0.2) is 0 Å². The number of fused-ring (bicyclic) bond motifs is 1. The number of halogens is 1. The van der Waals surface area contributed by atoms with Crippen LogP contribution in [0.4, 0.5) is 0 Å². The molecule has 0 spiro atoms. The molecule has 1 fully saturated rings. The average Bonchev–Trinajstić information content (AvgIpc) is 3.12. The molecule has 2 N–H and O–H groups in total. The lowest BCUT2D eigenvalue weighted by Gasteiger charge is -2.35. The Labute approximate surface area is 178 Å². The Bertz CT molecular complexity index is 619. The van der Waals surface area contributed by atoms with E-state index in [1.165, 1.54) is 0 Å². The van der Waals surface area contributed by atoms with Gasteiger partial charge in [-0.1, -0.05) is 0 Å². The van der Waals surface area contributed by atoms with E-state index in [2.05, 4.69) is 34.4 Å². The molecule has 3 rings (SSSR count). The molecule has 0 unspecified atom stereocenters. The highest BCUT2D eigenvalue weighted by Crippen LogP contribution is 2.34. The minimum absolute atomic E-state index is 0. The van der Waals surface area contributed by atoms with E-state index in [0.29, 0.717) is 25.2 Å². The van der Waals surface area contributed by atoms with Crippen molar-refractivity contribution in [3.05, 3.63) is 18.2 Å². The molecule has 27 heavy (non-hydrogen) atoms. The smallest absolute Gasteiger partial charge is 0.231 e. The second kappa shape index (κ2) is 10.8. The van der Waals surface area contributed by atoms with E-state index in [0.717, 1.165) is 49.1 Å². The molecule has 0 saturated carbocycles. The van der Waals surface area contributed by atoms with Crippen LogP contribution in [0.5, 0.6) is 17.2 Å². The fraction of sp³-hybridized carbons (Fsp3) is 0.632. The van der Waals surface area contributed by atoms with Crippen LogP contribution < -0.4 is 24.8 Å². The van der Waals surface area contributed by atoms with E-state index in [9.17, 15) is 0 Å². The van der Waals surface area contributed by atoms with Crippen molar-refractivity contribution >= 4 is 29.9 Å². The first-order valence-electron chi connectivity index (χ1n) is 9.39. The van der Waals surface area contributed by atoms with E-state index in [-0.39, 0.29) is 30.8 Å². The first-order chi connectivity index (χ1) is 12.7. The molecule has 2 heterocycles. The normalized spacial score (nSPS) is 17.6. The predicted octanol–water partition coefficient (Wildman–Crippen LogP) is 2.45. The van der Waals surface area contributed by atoms with E-state index < -0.39 is 0 Å². The number of nitrogens with one attached hydrogen (secondary N) is 2. The van der Waals surface area contributed by atoms with Crippen molar-refractivity contribution in [2.24, 2.45) is 4.99 Å². The Morgan fingerprint density at radius 3 is 2.70 bits per heavy atom. The van der Waals surface area contributed by atoms with Gasteiger partial charge in [-0.15, -0.1) is 24.0 Å². The highest BCUT2D eigenvalue weighted by Gasteiger charge is 2.21. The zero-order valence-electron chi connectivity index (χ0n) is 16.4. The van der Waals surface area contributed by atoms with Gasteiger partial charge in [0.25, 0.3) is 0 Å². The minimum Gasteiger partial charge on any atom is -0.492 e. The summed E-state index contributed by atoms with van der Waals surface area (Å²) in [4.78, 5) is 6.84. The van der Waals surface area contributed by atoms with Crippen molar-refractivity contribution < 1.29 is 14.2 Å². The van der Waals surface area contributed by atoms with Crippen LogP contribution in [0, 0.1) is 0 Å². The van der Waals surface area contributed by atoms with Gasteiger partial charge in [-0.3, -0.25) is 4.99 Å².